The van der Waals surface area contributed by atoms with Gasteiger partial charge in [0.1, 0.15) is 0 Å². The van der Waals surface area contributed by atoms with Crippen LogP contribution in [-0.2, 0) is 9.59 Å². The summed E-state index contributed by atoms with van der Waals surface area (Å²) < 4.78 is 0. The minimum Gasteiger partial charge on any atom is -0.481 e. The molecule has 0 radical (unpaired) electrons. The fourth-order valence-corrected chi connectivity index (χ4v) is 3.26. The Labute approximate surface area is 128 Å². The smallest absolute Gasteiger partial charge is 0.306 e. The van der Waals surface area contributed by atoms with Crippen LogP contribution in [-0.4, -0.2) is 47.1 Å². The van der Waals surface area contributed by atoms with Crippen LogP contribution in [0.1, 0.15) is 53.4 Å². The van der Waals surface area contributed by atoms with Gasteiger partial charge in [0, 0.05) is 12.1 Å². The number of hydrogen-bond donors (Lipinski definition) is 2. The van der Waals surface area contributed by atoms with Gasteiger partial charge in [-0.15, -0.1) is 0 Å². The summed E-state index contributed by atoms with van der Waals surface area (Å²) in [6.45, 7) is 9.31. The third kappa shape index (κ3) is 5.65. The number of nitrogens with zero attached hydrogens (tertiary/aromatic N) is 1. The van der Waals surface area contributed by atoms with Crippen molar-refractivity contribution in [3.8, 4) is 0 Å². The van der Waals surface area contributed by atoms with Gasteiger partial charge < -0.3 is 15.3 Å². The topological polar surface area (TPSA) is 69.6 Å². The maximum Gasteiger partial charge on any atom is 0.306 e. The number of nitrogens with one attached hydrogen (secondary N) is 1. The van der Waals surface area contributed by atoms with E-state index in [1.54, 1.807) is 0 Å². The van der Waals surface area contributed by atoms with Crippen molar-refractivity contribution in [2.75, 3.05) is 13.1 Å². The Morgan fingerprint density at radius 3 is 2.05 bits per heavy atom. The lowest BCUT2D eigenvalue weighted by atomic mass is 9.82. The highest BCUT2D eigenvalue weighted by Crippen LogP contribution is 2.28. The van der Waals surface area contributed by atoms with E-state index in [4.69, 9.17) is 5.11 Å². The van der Waals surface area contributed by atoms with Gasteiger partial charge in [-0.2, -0.15) is 0 Å². The summed E-state index contributed by atoms with van der Waals surface area (Å²) in [4.78, 5) is 25.0. The normalized spacial score (nSPS) is 22.6. The number of carboxylic acid groups (broad SMARTS) is 1. The van der Waals surface area contributed by atoms with E-state index < -0.39 is 5.97 Å². The highest BCUT2D eigenvalue weighted by molar-refractivity contribution is 5.78. The van der Waals surface area contributed by atoms with Crippen molar-refractivity contribution < 1.29 is 14.7 Å². The second-order valence-electron chi connectivity index (χ2n) is 6.68. The van der Waals surface area contributed by atoms with E-state index in [9.17, 15) is 9.59 Å². The molecule has 21 heavy (non-hydrogen) atoms. The van der Waals surface area contributed by atoms with E-state index in [-0.39, 0.29) is 23.9 Å². The molecule has 0 aliphatic heterocycles. The fraction of sp³-hybridized carbons (Fsp3) is 0.875. The second-order valence-corrected chi connectivity index (χ2v) is 6.68. The molecule has 1 fully saturated rings. The van der Waals surface area contributed by atoms with Crippen molar-refractivity contribution >= 4 is 11.9 Å². The summed E-state index contributed by atoms with van der Waals surface area (Å²) >= 11 is 0. The lowest BCUT2D eigenvalue weighted by molar-refractivity contribution is -0.143. The van der Waals surface area contributed by atoms with E-state index >= 15 is 0 Å². The van der Waals surface area contributed by atoms with Gasteiger partial charge >= 0.3 is 5.97 Å². The standard InChI is InChI=1S/C16H30N2O3/c1-11(2)18(12(3)4)15(19)10-17-9-13-5-7-14(8-6-13)16(20)21/h11-14,17H,5-10H2,1-4H3,(H,20,21). The molecule has 1 aliphatic carbocycles. The summed E-state index contributed by atoms with van der Waals surface area (Å²) in [5.74, 6) is -0.194. The van der Waals surface area contributed by atoms with Gasteiger partial charge in [0.05, 0.1) is 12.5 Å². The highest BCUT2D eigenvalue weighted by atomic mass is 16.4. The zero-order chi connectivity index (χ0) is 16.0. The predicted molar refractivity (Wildman–Crippen MR) is 83.1 cm³/mol. The fourth-order valence-electron chi connectivity index (χ4n) is 3.26. The quantitative estimate of drug-likeness (QED) is 0.755. The molecular formula is C16H30N2O3. The zero-order valence-corrected chi connectivity index (χ0v) is 13.8. The third-order valence-corrected chi connectivity index (χ3v) is 4.31. The number of aliphatic carboxylic acids is 1. The molecule has 0 aromatic heterocycles. The number of amides is 1. The first-order chi connectivity index (χ1) is 9.82. The lowest BCUT2D eigenvalue weighted by Crippen LogP contribution is -2.46. The molecule has 0 unspecified atom stereocenters. The SMILES string of the molecule is CC(C)N(C(=O)CNCC1CCC(C(=O)O)CC1)C(C)C. The summed E-state index contributed by atoms with van der Waals surface area (Å²) in [6.07, 6.45) is 3.41. The zero-order valence-electron chi connectivity index (χ0n) is 13.8. The van der Waals surface area contributed by atoms with Gasteiger partial charge in [-0.1, -0.05) is 0 Å². The molecule has 0 aromatic carbocycles. The highest BCUT2D eigenvalue weighted by Gasteiger charge is 2.26. The monoisotopic (exact) mass is 298 g/mol. The maximum atomic E-state index is 12.2. The molecular weight excluding hydrogens is 268 g/mol. The van der Waals surface area contributed by atoms with Crippen molar-refractivity contribution in [3.05, 3.63) is 0 Å². The van der Waals surface area contributed by atoms with Crippen molar-refractivity contribution in [2.45, 2.75) is 65.5 Å². The van der Waals surface area contributed by atoms with Gasteiger partial charge in [-0.25, -0.2) is 0 Å². The van der Waals surface area contributed by atoms with Gasteiger partial charge in [-0.3, -0.25) is 9.59 Å². The average molecular weight is 298 g/mol. The van der Waals surface area contributed by atoms with E-state index in [1.165, 1.54) is 0 Å². The first-order valence-corrected chi connectivity index (χ1v) is 8.07. The maximum absolute atomic E-state index is 12.2. The van der Waals surface area contributed by atoms with Crippen LogP contribution in [0, 0.1) is 11.8 Å². The second kappa shape index (κ2) is 8.37. The Balaban J connectivity index is 2.28. The molecule has 1 aliphatic rings. The molecule has 0 bridgehead atoms. The van der Waals surface area contributed by atoms with E-state index in [0.717, 1.165) is 32.2 Å². The molecule has 1 rings (SSSR count). The lowest BCUT2D eigenvalue weighted by Gasteiger charge is -2.31. The Kier molecular flexibility index (Phi) is 7.15. The van der Waals surface area contributed by atoms with Crippen molar-refractivity contribution in [1.29, 1.82) is 0 Å². The van der Waals surface area contributed by atoms with Crippen LogP contribution in [0.5, 0.6) is 0 Å². The molecule has 5 nitrogen and oxygen atoms in total. The summed E-state index contributed by atoms with van der Waals surface area (Å²) in [7, 11) is 0. The van der Waals surface area contributed by atoms with Crippen molar-refractivity contribution in [1.82, 2.24) is 10.2 Å². The van der Waals surface area contributed by atoms with Gasteiger partial charge in [0.15, 0.2) is 0 Å². The van der Waals surface area contributed by atoms with Crippen LogP contribution >= 0.6 is 0 Å². The molecule has 2 N–H and O–H groups in total. The number of rotatable bonds is 7. The van der Waals surface area contributed by atoms with Gasteiger partial charge in [-0.05, 0) is 65.8 Å². The van der Waals surface area contributed by atoms with Gasteiger partial charge in [0.25, 0.3) is 0 Å². The van der Waals surface area contributed by atoms with Crippen molar-refractivity contribution in [3.63, 3.8) is 0 Å². The van der Waals surface area contributed by atoms with E-state index in [0.29, 0.717) is 12.5 Å². The van der Waals surface area contributed by atoms with E-state index in [1.807, 2.05) is 32.6 Å². The van der Waals surface area contributed by atoms with Crippen LogP contribution in [0.4, 0.5) is 0 Å². The average Bonchev–Trinajstić information content (AvgIpc) is 2.38. The van der Waals surface area contributed by atoms with Crippen LogP contribution in [0.3, 0.4) is 0 Å². The first kappa shape index (κ1) is 18.0. The Morgan fingerprint density at radius 2 is 1.62 bits per heavy atom. The van der Waals surface area contributed by atoms with Crippen LogP contribution < -0.4 is 5.32 Å². The molecule has 1 saturated carbocycles. The first-order valence-electron chi connectivity index (χ1n) is 8.07. The number of carbonyl (C=O) groups is 2. The molecule has 1 amide bonds. The summed E-state index contributed by atoms with van der Waals surface area (Å²) in [5.41, 5.74) is 0. The summed E-state index contributed by atoms with van der Waals surface area (Å²) in [5, 5.41) is 12.2. The predicted octanol–water partition coefficient (Wildman–Crippen LogP) is 2.11. The summed E-state index contributed by atoms with van der Waals surface area (Å²) in [6, 6.07) is 0.426. The largest absolute Gasteiger partial charge is 0.481 e. The Hall–Kier alpha value is -1.10. The molecule has 0 atom stereocenters. The van der Waals surface area contributed by atoms with Crippen molar-refractivity contribution in [2.24, 2.45) is 11.8 Å². The molecule has 122 valence electrons. The Morgan fingerprint density at radius 1 is 1.10 bits per heavy atom. The Bertz CT molecular complexity index is 339. The molecule has 0 heterocycles. The molecule has 5 heteroatoms. The van der Waals surface area contributed by atoms with Crippen LogP contribution in [0.2, 0.25) is 0 Å². The molecule has 0 saturated heterocycles. The minimum absolute atomic E-state index is 0.138. The minimum atomic E-state index is -0.666. The van der Waals surface area contributed by atoms with Gasteiger partial charge in [0.2, 0.25) is 5.91 Å². The van der Waals surface area contributed by atoms with E-state index in [2.05, 4.69) is 5.32 Å². The van der Waals surface area contributed by atoms with Crippen LogP contribution in [0.25, 0.3) is 0 Å². The number of carboxylic acids is 1. The number of carbonyl (C=O) groups excluding carboxylic acids is 1. The van der Waals surface area contributed by atoms with Crippen LogP contribution in [0.15, 0.2) is 0 Å². The number of hydrogen-bond acceptors (Lipinski definition) is 3. The third-order valence-electron chi connectivity index (χ3n) is 4.31. The molecule has 0 spiro atoms. The molecule has 0 aromatic rings.